The molecule has 210 valence electrons. The van der Waals surface area contributed by atoms with Gasteiger partial charge in [-0.2, -0.15) is 0 Å². The molecule has 0 amide bonds. The first kappa shape index (κ1) is 30.1. The summed E-state index contributed by atoms with van der Waals surface area (Å²) in [6.07, 6.45) is 1.10. The summed E-state index contributed by atoms with van der Waals surface area (Å²) >= 11 is 0. The molecule has 0 aliphatic carbocycles. The molecule has 0 radical (unpaired) electrons. The van der Waals surface area contributed by atoms with Gasteiger partial charge >= 0.3 is 17.9 Å². The number of esters is 3. The highest BCUT2D eigenvalue weighted by molar-refractivity contribution is 5.91. The summed E-state index contributed by atoms with van der Waals surface area (Å²) in [7, 11) is 0. The van der Waals surface area contributed by atoms with E-state index in [0.29, 0.717) is 55.7 Å². The highest BCUT2D eigenvalue weighted by atomic mass is 16.6. The van der Waals surface area contributed by atoms with Crippen LogP contribution in [0.4, 0.5) is 0 Å². The molecule has 9 heteroatoms. The summed E-state index contributed by atoms with van der Waals surface area (Å²) in [6, 6.07) is 20.9. The van der Waals surface area contributed by atoms with Crippen molar-refractivity contribution >= 4 is 17.9 Å². The van der Waals surface area contributed by atoms with Gasteiger partial charge in [-0.25, -0.2) is 14.4 Å². The molecule has 0 bridgehead atoms. The largest absolute Gasteiger partial charge is 0.491 e. The van der Waals surface area contributed by atoms with Gasteiger partial charge in [0.1, 0.15) is 24.7 Å². The lowest BCUT2D eigenvalue weighted by Crippen LogP contribution is -2.13. The summed E-state index contributed by atoms with van der Waals surface area (Å²) in [5.74, 6) is -0.313. The van der Waals surface area contributed by atoms with Crippen LogP contribution in [0.3, 0.4) is 0 Å². The summed E-state index contributed by atoms with van der Waals surface area (Å²) in [4.78, 5) is 35.2. The van der Waals surface area contributed by atoms with Gasteiger partial charge in [0.25, 0.3) is 0 Å². The number of hydrogen-bond acceptors (Lipinski definition) is 9. The van der Waals surface area contributed by atoms with Crippen molar-refractivity contribution in [2.45, 2.75) is 6.92 Å². The van der Waals surface area contributed by atoms with Gasteiger partial charge in [0.2, 0.25) is 0 Å². The van der Waals surface area contributed by atoms with Crippen molar-refractivity contribution in [3.8, 4) is 22.6 Å². The number of rotatable bonds is 16. The number of carbonyl (C=O) groups is 3. The monoisotopic (exact) mass is 548 g/mol. The molecule has 0 fully saturated rings. The van der Waals surface area contributed by atoms with E-state index in [1.54, 1.807) is 55.5 Å². The zero-order valence-corrected chi connectivity index (χ0v) is 22.3. The van der Waals surface area contributed by atoms with Crippen molar-refractivity contribution in [3.63, 3.8) is 0 Å². The molecule has 0 unspecified atom stereocenters. The number of benzene rings is 3. The molecule has 9 nitrogen and oxygen atoms in total. The summed E-state index contributed by atoms with van der Waals surface area (Å²) < 4.78 is 31.6. The second-order valence-corrected chi connectivity index (χ2v) is 8.18. The van der Waals surface area contributed by atoms with Crippen molar-refractivity contribution in [3.05, 3.63) is 96.6 Å². The Hall–Kier alpha value is -4.47. The fourth-order valence-corrected chi connectivity index (χ4v) is 3.38. The van der Waals surface area contributed by atoms with Crippen molar-refractivity contribution in [1.29, 1.82) is 0 Å². The van der Waals surface area contributed by atoms with Gasteiger partial charge < -0.3 is 28.4 Å². The lowest BCUT2D eigenvalue weighted by atomic mass is 10.0. The maximum atomic E-state index is 12.5. The van der Waals surface area contributed by atoms with E-state index in [-0.39, 0.29) is 19.2 Å². The van der Waals surface area contributed by atoms with Crippen LogP contribution < -0.4 is 9.47 Å². The molecule has 40 heavy (non-hydrogen) atoms. The predicted molar refractivity (Wildman–Crippen MR) is 148 cm³/mol. The first-order valence-corrected chi connectivity index (χ1v) is 12.8. The topological polar surface area (TPSA) is 107 Å². The molecule has 3 aromatic rings. The third kappa shape index (κ3) is 10.0. The number of carbonyl (C=O) groups excluding carboxylic acids is 3. The van der Waals surface area contributed by atoms with Gasteiger partial charge in [-0.3, -0.25) is 0 Å². The van der Waals surface area contributed by atoms with E-state index in [9.17, 15) is 14.4 Å². The van der Waals surface area contributed by atoms with Crippen LogP contribution in [0.1, 0.15) is 27.6 Å². The van der Waals surface area contributed by atoms with Gasteiger partial charge in [-0.05, 0) is 66.6 Å². The third-order valence-electron chi connectivity index (χ3n) is 5.39. The molecule has 0 N–H and O–H groups in total. The fraction of sp³-hybridized carbons (Fsp3) is 0.258. The van der Waals surface area contributed by atoms with Crippen molar-refractivity contribution < 1.29 is 42.8 Å². The van der Waals surface area contributed by atoms with Crippen molar-refractivity contribution in [1.82, 2.24) is 0 Å². The Morgan fingerprint density at radius 1 is 0.625 bits per heavy atom. The van der Waals surface area contributed by atoms with Gasteiger partial charge in [-0.15, -0.1) is 0 Å². The Labute approximate surface area is 233 Å². The average Bonchev–Trinajstić information content (AvgIpc) is 2.98. The van der Waals surface area contributed by atoms with Crippen molar-refractivity contribution in [2.24, 2.45) is 0 Å². The zero-order chi connectivity index (χ0) is 28.6. The minimum Gasteiger partial charge on any atom is -0.491 e. The van der Waals surface area contributed by atoms with Crippen LogP contribution in [0.25, 0.3) is 11.1 Å². The zero-order valence-electron chi connectivity index (χ0n) is 22.3. The maximum absolute atomic E-state index is 12.5. The van der Waals surface area contributed by atoms with E-state index in [1.165, 1.54) is 0 Å². The summed E-state index contributed by atoms with van der Waals surface area (Å²) in [5, 5.41) is 0. The Bertz CT molecular complexity index is 1230. The first-order chi connectivity index (χ1) is 19.5. The Kier molecular flexibility index (Phi) is 12.4. The van der Waals surface area contributed by atoms with Crippen molar-refractivity contribution in [2.75, 3.05) is 46.2 Å². The van der Waals surface area contributed by atoms with E-state index in [2.05, 4.69) is 6.58 Å². The minimum atomic E-state index is -0.485. The smallest absolute Gasteiger partial charge is 0.343 e. The normalized spacial score (nSPS) is 10.4. The van der Waals surface area contributed by atoms with E-state index in [4.69, 9.17) is 28.4 Å². The molecule has 0 aromatic heterocycles. The molecule has 3 aromatic carbocycles. The molecular formula is C31H32O9. The predicted octanol–water partition coefficient (Wildman–Crippen LogP) is 4.89. The Balaban J connectivity index is 1.36. The molecule has 0 atom stereocenters. The van der Waals surface area contributed by atoms with Crippen LogP contribution in [0.5, 0.6) is 11.5 Å². The molecule has 0 aliphatic rings. The van der Waals surface area contributed by atoms with Crippen LogP contribution in [-0.4, -0.2) is 64.2 Å². The molecule has 0 spiro atoms. The summed E-state index contributed by atoms with van der Waals surface area (Å²) in [6.45, 7) is 7.30. The third-order valence-corrected chi connectivity index (χ3v) is 5.39. The summed E-state index contributed by atoms with van der Waals surface area (Å²) in [5.41, 5.74) is 2.71. The highest BCUT2D eigenvalue weighted by Crippen LogP contribution is 2.24. The lowest BCUT2D eigenvalue weighted by molar-refractivity contribution is -0.139. The van der Waals surface area contributed by atoms with Gasteiger partial charge in [-0.1, -0.05) is 30.8 Å². The van der Waals surface area contributed by atoms with E-state index < -0.39 is 11.9 Å². The Morgan fingerprint density at radius 3 is 1.73 bits per heavy atom. The van der Waals surface area contributed by atoms with E-state index in [0.717, 1.165) is 17.2 Å². The van der Waals surface area contributed by atoms with E-state index >= 15 is 0 Å². The molecule has 0 aliphatic heterocycles. The number of hydrogen-bond donors (Lipinski definition) is 0. The second-order valence-electron chi connectivity index (χ2n) is 8.18. The molecule has 0 heterocycles. The first-order valence-electron chi connectivity index (χ1n) is 12.8. The van der Waals surface area contributed by atoms with Crippen LogP contribution >= 0.6 is 0 Å². The fourth-order valence-electron chi connectivity index (χ4n) is 3.38. The molecule has 0 saturated heterocycles. The van der Waals surface area contributed by atoms with Crippen LogP contribution in [0.2, 0.25) is 0 Å². The van der Waals surface area contributed by atoms with Gasteiger partial charge in [0.05, 0.1) is 44.2 Å². The minimum absolute atomic E-state index is 0.166. The standard InChI is InChI=1S/C31H32O9/c1-3-29(32)39-22-20-36-18-17-35-19-21-38-27-13-11-26(12-14-27)31(34)40-28-15-9-24(10-16-28)23-5-7-25(8-6-23)30(33)37-4-2/h3,5-16H,1,4,17-22H2,2H3. The second kappa shape index (κ2) is 16.5. The average molecular weight is 549 g/mol. The lowest BCUT2D eigenvalue weighted by Gasteiger charge is -2.09. The Morgan fingerprint density at radius 2 is 1.12 bits per heavy atom. The van der Waals surface area contributed by atoms with E-state index in [1.807, 2.05) is 24.3 Å². The molecule has 0 saturated carbocycles. The quantitative estimate of drug-likeness (QED) is 0.107. The molecule has 3 rings (SSSR count). The number of ether oxygens (including phenoxy) is 6. The van der Waals surface area contributed by atoms with Gasteiger partial charge in [0, 0.05) is 6.08 Å². The van der Waals surface area contributed by atoms with Crippen LogP contribution in [-0.2, 0) is 23.7 Å². The highest BCUT2D eigenvalue weighted by Gasteiger charge is 2.10. The van der Waals surface area contributed by atoms with Gasteiger partial charge in [0.15, 0.2) is 0 Å². The SMILES string of the molecule is C=CC(=O)OCCOCCOCCOc1ccc(C(=O)Oc2ccc(-c3ccc(C(=O)OCC)cc3)cc2)cc1. The van der Waals surface area contributed by atoms with Crippen LogP contribution in [0, 0.1) is 0 Å². The van der Waals surface area contributed by atoms with Crippen LogP contribution in [0.15, 0.2) is 85.5 Å². The maximum Gasteiger partial charge on any atom is 0.343 e. The molecular weight excluding hydrogens is 516 g/mol.